The Morgan fingerprint density at radius 1 is 1.12 bits per heavy atom. The summed E-state index contributed by atoms with van der Waals surface area (Å²) in [4.78, 5) is 2.42. The molecular weight excluding hydrogens is 323 g/mol. The normalized spacial score (nSPS) is 17.9. The fraction of sp³-hybridized carbons (Fsp3) is 0.652. The van der Waals surface area contributed by atoms with Crippen LogP contribution in [0, 0.1) is 11.3 Å². The smallest absolute Gasteiger partial charge is 0.160 e. The highest BCUT2D eigenvalue weighted by Crippen LogP contribution is 2.33. The molecule has 0 spiro atoms. The van der Waals surface area contributed by atoms with E-state index in [1.54, 1.807) is 0 Å². The van der Waals surface area contributed by atoms with Crippen LogP contribution in [0.4, 0.5) is 10.1 Å². The molecule has 0 radical (unpaired) electrons. The largest absolute Gasteiger partial charge is 0.371 e. The van der Waals surface area contributed by atoms with Gasteiger partial charge in [0.15, 0.2) is 5.79 Å². The lowest BCUT2D eigenvalue weighted by Crippen LogP contribution is -2.34. The minimum absolute atomic E-state index is 0.252. The van der Waals surface area contributed by atoms with Gasteiger partial charge in [-0.05, 0) is 55.2 Å². The Labute approximate surface area is 160 Å². The number of rotatable bonds is 5. The second-order valence-electron chi connectivity index (χ2n) is 8.78. The summed E-state index contributed by atoms with van der Waals surface area (Å²) < 4.78 is 13.5. The lowest BCUT2D eigenvalue weighted by molar-refractivity contribution is 0.200. The van der Waals surface area contributed by atoms with Gasteiger partial charge < -0.3 is 4.90 Å². The van der Waals surface area contributed by atoms with Gasteiger partial charge in [0.25, 0.3) is 0 Å². The lowest BCUT2D eigenvalue weighted by atomic mass is 9.80. The lowest BCUT2D eigenvalue weighted by Gasteiger charge is -2.36. The highest BCUT2D eigenvalue weighted by molar-refractivity contribution is 5.48. The summed E-state index contributed by atoms with van der Waals surface area (Å²) in [6.45, 7) is 18.7. The van der Waals surface area contributed by atoms with Crippen LogP contribution >= 0.6 is 0 Å². The zero-order valence-electron chi connectivity index (χ0n) is 17.7. The molecule has 2 nitrogen and oxygen atoms in total. The summed E-state index contributed by atoms with van der Waals surface area (Å²) in [5.74, 6) is -1.00. The number of hydrogen-bond donors (Lipinski definition) is 1. The highest BCUT2D eigenvalue weighted by atomic mass is 19.1. The van der Waals surface area contributed by atoms with Gasteiger partial charge in [-0.1, -0.05) is 58.9 Å². The van der Waals surface area contributed by atoms with Crippen LogP contribution in [0.15, 0.2) is 36.4 Å². The Kier molecular flexibility index (Phi) is 8.33. The minimum Gasteiger partial charge on any atom is -0.371 e. The van der Waals surface area contributed by atoms with Crippen LogP contribution in [0.1, 0.15) is 66.4 Å². The van der Waals surface area contributed by atoms with Crippen molar-refractivity contribution in [1.29, 1.82) is 0 Å². The van der Waals surface area contributed by atoms with Gasteiger partial charge in [0.2, 0.25) is 0 Å². The third-order valence-electron chi connectivity index (χ3n) is 4.68. The van der Waals surface area contributed by atoms with Crippen molar-refractivity contribution in [3.63, 3.8) is 0 Å². The van der Waals surface area contributed by atoms with Crippen molar-refractivity contribution < 1.29 is 4.39 Å². The zero-order chi connectivity index (χ0) is 20.0. The number of piperidine rings is 1. The van der Waals surface area contributed by atoms with E-state index >= 15 is 0 Å². The number of alkyl halides is 1. The van der Waals surface area contributed by atoms with E-state index in [0.29, 0.717) is 11.3 Å². The molecule has 2 rings (SSSR count). The Balaban J connectivity index is 0.00000163. The van der Waals surface area contributed by atoms with E-state index in [4.69, 9.17) is 5.73 Å². The molecule has 1 aromatic carbocycles. The van der Waals surface area contributed by atoms with E-state index in [1.807, 2.05) is 26.0 Å². The van der Waals surface area contributed by atoms with Gasteiger partial charge in [-0.15, -0.1) is 0 Å². The Morgan fingerprint density at radius 3 is 2.04 bits per heavy atom. The molecular formula is C23H39FN2. The summed E-state index contributed by atoms with van der Waals surface area (Å²) >= 11 is 0. The van der Waals surface area contributed by atoms with Gasteiger partial charge in [-0.25, -0.2) is 4.39 Å². The molecule has 1 atom stereocenters. The summed E-state index contributed by atoms with van der Waals surface area (Å²) in [6.07, 6.45) is 3.69. The van der Waals surface area contributed by atoms with E-state index in [0.717, 1.165) is 25.1 Å². The molecule has 148 valence electrons. The molecule has 1 unspecified atom stereocenters. The standard InChI is InChI=1S/C21H33FN2.C2H6/c1-16(14-20(2,3)4)18-10-12-24(13-11-18)19-8-6-17(7-9-19)15-21(5,22)23;1-2/h6-9,18H,1,10-15,23H2,2-5H3;1-2H3. The van der Waals surface area contributed by atoms with E-state index in [2.05, 4.69) is 44.4 Å². The Bertz CT molecular complexity index is 541. The number of hydrogen-bond acceptors (Lipinski definition) is 2. The van der Waals surface area contributed by atoms with Crippen LogP contribution in [0.25, 0.3) is 0 Å². The van der Waals surface area contributed by atoms with Crippen LogP contribution in [0.5, 0.6) is 0 Å². The van der Waals surface area contributed by atoms with Crippen molar-refractivity contribution in [2.45, 2.75) is 73.0 Å². The van der Waals surface area contributed by atoms with Gasteiger partial charge in [0, 0.05) is 25.2 Å². The molecule has 0 aliphatic carbocycles. The molecule has 26 heavy (non-hydrogen) atoms. The number of nitrogens with two attached hydrogens (primary N) is 1. The molecule has 1 fully saturated rings. The van der Waals surface area contributed by atoms with E-state index in [-0.39, 0.29) is 6.42 Å². The Morgan fingerprint density at radius 2 is 1.62 bits per heavy atom. The molecule has 1 saturated heterocycles. The van der Waals surface area contributed by atoms with Crippen molar-refractivity contribution in [1.82, 2.24) is 0 Å². The number of halogens is 1. The van der Waals surface area contributed by atoms with Crippen molar-refractivity contribution in [2.24, 2.45) is 17.1 Å². The third kappa shape index (κ3) is 7.90. The number of nitrogens with zero attached hydrogens (tertiary/aromatic N) is 1. The third-order valence-corrected chi connectivity index (χ3v) is 4.68. The first-order chi connectivity index (χ1) is 12.0. The first-order valence-electron chi connectivity index (χ1n) is 10.0. The van der Waals surface area contributed by atoms with Crippen LogP contribution in [-0.2, 0) is 6.42 Å². The van der Waals surface area contributed by atoms with E-state index in [1.165, 1.54) is 31.0 Å². The molecule has 1 aromatic rings. The second kappa shape index (κ2) is 9.55. The fourth-order valence-corrected chi connectivity index (χ4v) is 3.60. The van der Waals surface area contributed by atoms with Crippen molar-refractivity contribution in [2.75, 3.05) is 18.0 Å². The van der Waals surface area contributed by atoms with Crippen LogP contribution in [-0.4, -0.2) is 18.9 Å². The topological polar surface area (TPSA) is 29.3 Å². The average molecular weight is 363 g/mol. The first kappa shape index (κ1) is 22.7. The molecule has 2 N–H and O–H groups in total. The second-order valence-corrected chi connectivity index (χ2v) is 8.78. The Hall–Kier alpha value is -1.35. The molecule has 0 amide bonds. The summed E-state index contributed by atoms with van der Waals surface area (Å²) in [6, 6.07) is 8.16. The maximum absolute atomic E-state index is 13.5. The van der Waals surface area contributed by atoms with E-state index < -0.39 is 5.79 Å². The van der Waals surface area contributed by atoms with Gasteiger partial charge in [-0.2, -0.15) is 0 Å². The summed E-state index contributed by atoms with van der Waals surface area (Å²) in [5.41, 5.74) is 9.34. The summed E-state index contributed by atoms with van der Waals surface area (Å²) in [5, 5.41) is 0. The summed E-state index contributed by atoms with van der Waals surface area (Å²) in [7, 11) is 0. The van der Waals surface area contributed by atoms with Gasteiger partial charge in [-0.3, -0.25) is 5.73 Å². The SMILES string of the molecule is C=C(CC(C)(C)C)C1CCN(c2ccc(CC(C)(N)F)cc2)CC1.CC. The molecule has 0 bridgehead atoms. The van der Waals surface area contributed by atoms with Crippen LogP contribution in [0.2, 0.25) is 0 Å². The van der Waals surface area contributed by atoms with Crippen LogP contribution < -0.4 is 10.6 Å². The number of anilines is 1. The van der Waals surface area contributed by atoms with Gasteiger partial charge >= 0.3 is 0 Å². The van der Waals surface area contributed by atoms with Crippen molar-refractivity contribution >= 4 is 5.69 Å². The number of benzene rings is 1. The van der Waals surface area contributed by atoms with E-state index in [9.17, 15) is 4.39 Å². The average Bonchev–Trinajstić information content (AvgIpc) is 2.54. The van der Waals surface area contributed by atoms with Crippen LogP contribution in [0.3, 0.4) is 0 Å². The maximum atomic E-state index is 13.5. The molecule has 0 aromatic heterocycles. The maximum Gasteiger partial charge on any atom is 0.160 e. The number of allylic oxidation sites excluding steroid dienone is 1. The first-order valence-corrected chi connectivity index (χ1v) is 10.0. The minimum atomic E-state index is -1.65. The predicted octanol–water partition coefficient (Wildman–Crippen LogP) is 6.11. The molecule has 1 aliphatic rings. The quantitative estimate of drug-likeness (QED) is 0.506. The monoisotopic (exact) mass is 362 g/mol. The van der Waals surface area contributed by atoms with Gasteiger partial charge in [0.05, 0.1) is 0 Å². The zero-order valence-corrected chi connectivity index (χ0v) is 17.7. The van der Waals surface area contributed by atoms with Gasteiger partial charge in [0.1, 0.15) is 0 Å². The molecule has 3 heteroatoms. The molecule has 1 aliphatic heterocycles. The fourth-order valence-electron chi connectivity index (χ4n) is 3.60. The highest BCUT2D eigenvalue weighted by Gasteiger charge is 2.24. The predicted molar refractivity (Wildman–Crippen MR) is 113 cm³/mol. The molecule has 1 heterocycles. The van der Waals surface area contributed by atoms with Crippen molar-refractivity contribution in [3.8, 4) is 0 Å². The molecule has 0 saturated carbocycles. The van der Waals surface area contributed by atoms with Crippen molar-refractivity contribution in [3.05, 3.63) is 42.0 Å².